The number of nitrogens with zero attached hydrogens (tertiary/aromatic N) is 3. The van der Waals surface area contributed by atoms with Gasteiger partial charge in [-0.25, -0.2) is 0 Å². The Balaban J connectivity index is 1.56. The highest BCUT2D eigenvalue weighted by Gasteiger charge is 2.28. The number of aliphatic hydroxyl groups excluding tert-OH is 1. The van der Waals surface area contributed by atoms with Crippen LogP contribution in [0.2, 0.25) is 0 Å². The molecule has 120 valence electrons. The van der Waals surface area contributed by atoms with E-state index >= 15 is 0 Å². The number of piperidine rings is 2. The highest BCUT2D eigenvalue weighted by molar-refractivity contribution is 5.51. The monoisotopic (exact) mass is 305 g/mol. The third-order valence-corrected chi connectivity index (χ3v) is 4.83. The van der Waals surface area contributed by atoms with Crippen LogP contribution in [0, 0.1) is 10.1 Å². The topological polar surface area (TPSA) is 69.9 Å². The van der Waals surface area contributed by atoms with Gasteiger partial charge in [0, 0.05) is 43.5 Å². The summed E-state index contributed by atoms with van der Waals surface area (Å²) in [6, 6.07) is 7.38. The molecule has 0 aliphatic carbocycles. The Bertz CT molecular complexity index is 512. The maximum Gasteiger partial charge on any atom is 0.269 e. The number of nitro groups is 1. The third kappa shape index (κ3) is 3.39. The number of non-ortho nitro benzene ring substituents is 1. The van der Waals surface area contributed by atoms with Crippen molar-refractivity contribution in [3.8, 4) is 0 Å². The Morgan fingerprint density at radius 3 is 2.36 bits per heavy atom. The van der Waals surface area contributed by atoms with E-state index in [1.807, 2.05) is 12.1 Å². The van der Waals surface area contributed by atoms with Gasteiger partial charge >= 0.3 is 0 Å². The summed E-state index contributed by atoms with van der Waals surface area (Å²) in [5.74, 6) is 0. The number of nitro benzene ring substituents is 1. The molecule has 1 aromatic carbocycles. The average molecular weight is 305 g/mol. The van der Waals surface area contributed by atoms with Crippen LogP contribution in [0.25, 0.3) is 0 Å². The van der Waals surface area contributed by atoms with Gasteiger partial charge < -0.3 is 10.0 Å². The van der Waals surface area contributed by atoms with E-state index in [1.54, 1.807) is 12.1 Å². The lowest BCUT2D eigenvalue weighted by molar-refractivity contribution is -0.384. The summed E-state index contributed by atoms with van der Waals surface area (Å²) < 4.78 is 0. The van der Waals surface area contributed by atoms with E-state index in [1.165, 1.54) is 0 Å². The van der Waals surface area contributed by atoms with Gasteiger partial charge in [-0.1, -0.05) is 0 Å². The van der Waals surface area contributed by atoms with Crippen molar-refractivity contribution >= 4 is 11.4 Å². The van der Waals surface area contributed by atoms with Gasteiger partial charge in [-0.15, -0.1) is 0 Å². The summed E-state index contributed by atoms with van der Waals surface area (Å²) in [4.78, 5) is 15.1. The number of β-amino-alcohol motifs (C(OH)–C–C–N with tert-alkyl or cyclic N) is 1. The lowest BCUT2D eigenvalue weighted by atomic mass is 9.98. The SMILES string of the molecule is O=[N+]([O-])c1ccc(N2CCC(N3CCCC(O)C3)CC2)cc1. The van der Waals surface area contributed by atoms with Crippen molar-refractivity contribution in [1.29, 1.82) is 0 Å². The summed E-state index contributed by atoms with van der Waals surface area (Å²) in [5.41, 5.74) is 1.20. The number of aliphatic hydroxyl groups is 1. The van der Waals surface area contributed by atoms with Gasteiger partial charge in [-0.05, 0) is 44.4 Å². The fraction of sp³-hybridized carbons (Fsp3) is 0.625. The zero-order chi connectivity index (χ0) is 15.5. The molecule has 1 unspecified atom stereocenters. The summed E-state index contributed by atoms with van der Waals surface area (Å²) in [7, 11) is 0. The first-order valence-corrected chi connectivity index (χ1v) is 8.05. The molecule has 2 saturated heterocycles. The van der Waals surface area contributed by atoms with E-state index in [0.717, 1.165) is 57.5 Å². The first-order valence-electron chi connectivity index (χ1n) is 8.05. The Kier molecular flexibility index (Phi) is 4.59. The van der Waals surface area contributed by atoms with E-state index in [-0.39, 0.29) is 16.7 Å². The molecule has 6 heteroatoms. The second-order valence-electron chi connectivity index (χ2n) is 6.28. The summed E-state index contributed by atoms with van der Waals surface area (Å²) in [6.45, 7) is 3.84. The summed E-state index contributed by atoms with van der Waals surface area (Å²) >= 11 is 0. The van der Waals surface area contributed by atoms with Crippen LogP contribution in [0.1, 0.15) is 25.7 Å². The molecule has 0 amide bonds. The van der Waals surface area contributed by atoms with Crippen molar-refractivity contribution < 1.29 is 10.0 Å². The van der Waals surface area contributed by atoms with Crippen molar-refractivity contribution in [3.05, 3.63) is 34.4 Å². The maximum atomic E-state index is 10.7. The molecular weight excluding hydrogens is 282 g/mol. The van der Waals surface area contributed by atoms with Crippen LogP contribution in [0.5, 0.6) is 0 Å². The van der Waals surface area contributed by atoms with Crippen molar-refractivity contribution in [2.24, 2.45) is 0 Å². The minimum absolute atomic E-state index is 0.140. The summed E-state index contributed by atoms with van der Waals surface area (Å²) in [6.07, 6.45) is 4.02. The summed E-state index contributed by atoms with van der Waals surface area (Å²) in [5, 5.41) is 20.5. The zero-order valence-electron chi connectivity index (χ0n) is 12.7. The normalized spacial score (nSPS) is 24.4. The predicted molar refractivity (Wildman–Crippen MR) is 85.1 cm³/mol. The van der Waals surface area contributed by atoms with E-state index in [2.05, 4.69) is 9.80 Å². The Morgan fingerprint density at radius 2 is 1.77 bits per heavy atom. The minimum Gasteiger partial charge on any atom is -0.392 e. The van der Waals surface area contributed by atoms with Crippen molar-refractivity contribution in [2.75, 3.05) is 31.1 Å². The molecule has 0 bridgehead atoms. The lowest BCUT2D eigenvalue weighted by Crippen LogP contribution is -2.49. The highest BCUT2D eigenvalue weighted by atomic mass is 16.6. The molecule has 2 aliphatic rings. The van der Waals surface area contributed by atoms with E-state index in [4.69, 9.17) is 0 Å². The number of anilines is 1. The molecule has 22 heavy (non-hydrogen) atoms. The Hall–Kier alpha value is -1.66. The molecule has 0 spiro atoms. The molecule has 0 radical (unpaired) electrons. The fourth-order valence-corrected chi connectivity index (χ4v) is 3.59. The minimum atomic E-state index is -0.363. The van der Waals surface area contributed by atoms with Crippen molar-refractivity contribution in [3.63, 3.8) is 0 Å². The van der Waals surface area contributed by atoms with E-state index < -0.39 is 0 Å². The largest absolute Gasteiger partial charge is 0.392 e. The van der Waals surface area contributed by atoms with Crippen LogP contribution in [-0.4, -0.2) is 53.3 Å². The zero-order valence-corrected chi connectivity index (χ0v) is 12.7. The smallest absolute Gasteiger partial charge is 0.269 e. The first kappa shape index (κ1) is 15.2. The van der Waals surface area contributed by atoms with Gasteiger partial charge in [-0.3, -0.25) is 15.0 Å². The van der Waals surface area contributed by atoms with E-state index in [0.29, 0.717) is 6.04 Å². The van der Waals surface area contributed by atoms with Crippen LogP contribution in [-0.2, 0) is 0 Å². The average Bonchev–Trinajstić information content (AvgIpc) is 2.55. The van der Waals surface area contributed by atoms with Crippen LogP contribution in [0.4, 0.5) is 11.4 Å². The molecule has 2 fully saturated rings. The Morgan fingerprint density at radius 1 is 1.09 bits per heavy atom. The molecule has 0 aromatic heterocycles. The van der Waals surface area contributed by atoms with E-state index in [9.17, 15) is 15.2 Å². The molecule has 6 nitrogen and oxygen atoms in total. The van der Waals surface area contributed by atoms with Crippen LogP contribution in [0.15, 0.2) is 24.3 Å². The van der Waals surface area contributed by atoms with Gasteiger partial charge in [0.2, 0.25) is 0 Å². The molecule has 0 saturated carbocycles. The molecule has 1 N–H and O–H groups in total. The lowest BCUT2D eigenvalue weighted by Gasteiger charge is -2.42. The van der Waals surface area contributed by atoms with Crippen LogP contribution >= 0.6 is 0 Å². The molecule has 2 heterocycles. The van der Waals surface area contributed by atoms with Crippen LogP contribution < -0.4 is 4.90 Å². The molecule has 1 aromatic rings. The second-order valence-corrected chi connectivity index (χ2v) is 6.28. The third-order valence-electron chi connectivity index (χ3n) is 4.83. The van der Waals surface area contributed by atoms with Crippen LogP contribution in [0.3, 0.4) is 0 Å². The van der Waals surface area contributed by atoms with Crippen molar-refractivity contribution in [1.82, 2.24) is 4.90 Å². The molecule has 2 aliphatic heterocycles. The van der Waals surface area contributed by atoms with Gasteiger partial charge in [0.1, 0.15) is 0 Å². The number of benzene rings is 1. The van der Waals surface area contributed by atoms with Gasteiger partial charge in [0.05, 0.1) is 11.0 Å². The second kappa shape index (κ2) is 6.62. The maximum absolute atomic E-state index is 10.7. The molecule has 3 rings (SSSR count). The number of rotatable bonds is 3. The number of likely N-dealkylation sites (tertiary alicyclic amines) is 1. The quantitative estimate of drug-likeness (QED) is 0.683. The molecule has 1 atom stereocenters. The molecular formula is C16H23N3O3. The van der Waals surface area contributed by atoms with Gasteiger partial charge in [0.25, 0.3) is 5.69 Å². The van der Waals surface area contributed by atoms with Crippen molar-refractivity contribution in [2.45, 2.75) is 37.8 Å². The number of hydrogen-bond donors (Lipinski definition) is 1. The first-order chi connectivity index (χ1) is 10.6. The van der Waals surface area contributed by atoms with Gasteiger partial charge in [0.15, 0.2) is 0 Å². The predicted octanol–water partition coefficient (Wildman–Crippen LogP) is 2.02. The fourth-order valence-electron chi connectivity index (χ4n) is 3.59. The standard InChI is InChI=1S/C16H23N3O3/c20-16-2-1-9-18(12-16)14-7-10-17(11-8-14)13-3-5-15(6-4-13)19(21)22/h3-6,14,16,20H,1-2,7-12H2. The number of hydrogen-bond acceptors (Lipinski definition) is 5. The Labute approximate surface area is 130 Å². The van der Waals surface area contributed by atoms with Gasteiger partial charge in [-0.2, -0.15) is 0 Å². The highest BCUT2D eigenvalue weighted by Crippen LogP contribution is 2.26.